The molecule has 1 unspecified atom stereocenters. The molecule has 1 aromatic carbocycles. The lowest BCUT2D eigenvalue weighted by atomic mass is 10.0. The van der Waals surface area contributed by atoms with Crippen molar-refractivity contribution in [2.24, 2.45) is 0 Å². The van der Waals surface area contributed by atoms with Crippen molar-refractivity contribution >= 4 is 11.7 Å². The fraction of sp³-hybridized carbons (Fsp3) is 0.300. The molecule has 1 saturated carbocycles. The fourth-order valence-corrected chi connectivity index (χ4v) is 3.05. The van der Waals surface area contributed by atoms with Crippen LogP contribution in [0.3, 0.4) is 0 Å². The molecule has 0 bridgehead atoms. The van der Waals surface area contributed by atoms with E-state index in [0.717, 1.165) is 24.6 Å². The first-order valence-corrected chi connectivity index (χ1v) is 9.19. The lowest BCUT2D eigenvalue weighted by Gasteiger charge is -2.09. The number of nitrogens with one attached hydrogen (secondary N) is 2. The number of nitriles is 1. The Kier molecular flexibility index (Phi) is 4.84. The topological polar surface area (TPSA) is 99.4 Å². The van der Waals surface area contributed by atoms with Crippen LogP contribution in [0.2, 0.25) is 0 Å². The molecule has 9 heteroatoms. The fourth-order valence-electron chi connectivity index (χ4n) is 3.05. The molecule has 7 nitrogen and oxygen atoms in total. The van der Waals surface area contributed by atoms with E-state index < -0.39 is 12.3 Å². The van der Waals surface area contributed by atoms with Gasteiger partial charge in [0, 0.05) is 35.0 Å². The van der Waals surface area contributed by atoms with E-state index in [1.54, 1.807) is 13.1 Å². The summed E-state index contributed by atoms with van der Waals surface area (Å²) < 4.78 is 27.5. The number of amides is 1. The molecule has 1 amide bonds. The van der Waals surface area contributed by atoms with Gasteiger partial charge in [0.15, 0.2) is 5.82 Å². The van der Waals surface area contributed by atoms with Crippen LogP contribution >= 0.6 is 0 Å². The Morgan fingerprint density at radius 2 is 2.10 bits per heavy atom. The summed E-state index contributed by atoms with van der Waals surface area (Å²) in [6, 6.07) is 7.60. The molecule has 1 aliphatic rings. The maximum absolute atomic E-state index is 13.1. The van der Waals surface area contributed by atoms with Crippen molar-refractivity contribution in [3.8, 4) is 11.8 Å². The molecular weight excluding hydrogens is 378 g/mol. The molecule has 1 aliphatic carbocycles. The van der Waals surface area contributed by atoms with Gasteiger partial charge in [-0.2, -0.15) is 15.5 Å². The second kappa shape index (κ2) is 7.47. The van der Waals surface area contributed by atoms with Gasteiger partial charge in [-0.3, -0.25) is 9.89 Å². The Morgan fingerprint density at radius 1 is 1.31 bits per heavy atom. The summed E-state index contributed by atoms with van der Waals surface area (Å²) in [6.07, 6.45) is 2.66. The lowest BCUT2D eigenvalue weighted by molar-refractivity contribution is -0.117. The zero-order valence-electron chi connectivity index (χ0n) is 15.6. The zero-order valence-corrected chi connectivity index (χ0v) is 15.6. The highest BCUT2D eigenvalue weighted by atomic mass is 19.3. The summed E-state index contributed by atoms with van der Waals surface area (Å²) in [5, 5.41) is 23.1. The standard InChI is InChI=1S/C20H18F2N6O/c1-11(20(29)25-18-7-17(26-27-18)13-2-3-13)15-9-24-28(10-15)16-5-12(8-23)4-14(6-16)19(21)22/h4-7,9-11,13,19H,2-3H2,1H3,(H2,25,26,27,29). The summed E-state index contributed by atoms with van der Waals surface area (Å²) in [7, 11) is 0. The number of hydrogen-bond donors (Lipinski definition) is 2. The molecule has 4 rings (SSSR count). The third-order valence-electron chi connectivity index (χ3n) is 4.95. The highest BCUT2D eigenvalue weighted by Crippen LogP contribution is 2.39. The van der Waals surface area contributed by atoms with Crippen LogP contribution in [0.4, 0.5) is 14.6 Å². The third-order valence-corrected chi connectivity index (χ3v) is 4.95. The number of rotatable bonds is 6. The van der Waals surface area contributed by atoms with Gasteiger partial charge in [-0.25, -0.2) is 13.5 Å². The average molecular weight is 396 g/mol. The summed E-state index contributed by atoms with van der Waals surface area (Å²) in [5.74, 6) is 0.196. The van der Waals surface area contributed by atoms with E-state index in [0.29, 0.717) is 23.0 Å². The van der Waals surface area contributed by atoms with Crippen LogP contribution in [-0.4, -0.2) is 25.9 Å². The summed E-state index contributed by atoms with van der Waals surface area (Å²) in [4.78, 5) is 12.6. The number of benzene rings is 1. The molecule has 0 aliphatic heterocycles. The molecule has 148 valence electrons. The average Bonchev–Trinajstić information content (AvgIpc) is 3.26. The molecule has 0 spiro atoms. The minimum Gasteiger partial charge on any atom is -0.309 e. The number of aromatic nitrogens is 4. The van der Waals surface area contributed by atoms with E-state index >= 15 is 0 Å². The molecule has 0 radical (unpaired) electrons. The molecule has 0 saturated heterocycles. The van der Waals surface area contributed by atoms with E-state index in [2.05, 4.69) is 20.6 Å². The van der Waals surface area contributed by atoms with Crippen LogP contribution in [-0.2, 0) is 4.79 Å². The van der Waals surface area contributed by atoms with Crippen molar-refractivity contribution in [2.75, 3.05) is 5.32 Å². The predicted molar refractivity (Wildman–Crippen MR) is 101 cm³/mol. The maximum Gasteiger partial charge on any atom is 0.263 e. The molecule has 2 heterocycles. The first-order chi connectivity index (χ1) is 13.9. The normalized spacial score (nSPS) is 14.6. The molecule has 3 aromatic rings. The number of aromatic amines is 1. The van der Waals surface area contributed by atoms with Crippen LogP contribution in [0.5, 0.6) is 0 Å². The smallest absolute Gasteiger partial charge is 0.263 e. The van der Waals surface area contributed by atoms with Gasteiger partial charge in [-0.15, -0.1) is 0 Å². The second-order valence-electron chi connectivity index (χ2n) is 7.14. The van der Waals surface area contributed by atoms with Gasteiger partial charge >= 0.3 is 0 Å². The van der Waals surface area contributed by atoms with E-state index in [1.165, 1.54) is 23.0 Å². The Morgan fingerprint density at radius 3 is 2.79 bits per heavy atom. The highest BCUT2D eigenvalue weighted by Gasteiger charge is 2.26. The SMILES string of the molecule is CC(C(=O)Nc1cc(C2CC2)[nH]n1)c1cnn(-c2cc(C#N)cc(C(F)F)c2)c1. The Labute approximate surface area is 165 Å². The molecule has 2 aromatic heterocycles. The highest BCUT2D eigenvalue weighted by molar-refractivity contribution is 5.94. The van der Waals surface area contributed by atoms with Crippen LogP contribution in [0.25, 0.3) is 5.69 Å². The number of anilines is 1. The number of carbonyl (C=O) groups excluding carboxylic acids is 1. The molecule has 29 heavy (non-hydrogen) atoms. The van der Waals surface area contributed by atoms with Crippen molar-refractivity contribution in [1.82, 2.24) is 20.0 Å². The molecular formula is C20H18F2N6O. The van der Waals surface area contributed by atoms with Crippen LogP contribution in [0.15, 0.2) is 36.7 Å². The van der Waals surface area contributed by atoms with Crippen molar-refractivity contribution in [3.63, 3.8) is 0 Å². The van der Waals surface area contributed by atoms with Crippen molar-refractivity contribution in [1.29, 1.82) is 5.26 Å². The second-order valence-corrected chi connectivity index (χ2v) is 7.14. The molecule has 2 N–H and O–H groups in total. The van der Waals surface area contributed by atoms with Crippen LogP contribution in [0, 0.1) is 11.3 Å². The first-order valence-electron chi connectivity index (χ1n) is 9.19. The van der Waals surface area contributed by atoms with Crippen LogP contribution in [0.1, 0.15) is 60.4 Å². The van der Waals surface area contributed by atoms with Crippen molar-refractivity contribution in [3.05, 3.63) is 59.0 Å². The number of carbonyl (C=O) groups is 1. The van der Waals surface area contributed by atoms with Gasteiger partial charge in [0.05, 0.1) is 29.4 Å². The quantitative estimate of drug-likeness (QED) is 0.657. The van der Waals surface area contributed by atoms with E-state index in [9.17, 15) is 13.6 Å². The van der Waals surface area contributed by atoms with Gasteiger partial charge < -0.3 is 5.32 Å². The van der Waals surface area contributed by atoms with E-state index in [1.807, 2.05) is 12.1 Å². The Balaban J connectivity index is 1.51. The Hall–Kier alpha value is -3.54. The van der Waals surface area contributed by atoms with Gasteiger partial charge in [0.2, 0.25) is 5.91 Å². The van der Waals surface area contributed by atoms with Gasteiger partial charge in [-0.05, 0) is 38.0 Å². The number of alkyl halides is 2. The van der Waals surface area contributed by atoms with Crippen molar-refractivity contribution < 1.29 is 13.6 Å². The summed E-state index contributed by atoms with van der Waals surface area (Å²) >= 11 is 0. The maximum atomic E-state index is 13.1. The van der Waals surface area contributed by atoms with Gasteiger partial charge in [0.25, 0.3) is 6.43 Å². The number of halogens is 2. The minimum atomic E-state index is -2.70. The first kappa shape index (κ1) is 18.8. The van der Waals surface area contributed by atoms with Gasteiger partial charge in [0.1, 0.15) is 0 Å². The van der Waals surface area contributed by atoms with E-state index in [4.69, 9.17) is 5.26 Å². The number of nitrogens with zero attached hydrogens (tertiary/aromatic N) is 4. The van der Waals surface area contributed by atoms with Crippen LogP contribution < -0.4 is 5.32 Å². The molecule has 1 fully saturated rings. The zero-order chi connectivity index (χ0) is 20.5. The number of H-pyrrole nitrogens is 1. The lowest BCUT2D eigenvalue weighted by Crippen LogP contribution is -2.18. The Bertz CT molecular complexity index is 1090. The van der Waals surface area contributed by atoms with E-state index in [-0.39, 0.29) is 17.0 Å². The summed E-state index contributed by atoms with van der Waals surface area (Å²) in [6.45, 7) is 1.72. The largest absolute Gasteiger partial charge is 0.309 e. The third kappa shape index (κ3) is 4.01. The molecule has 1 atom stereocenters. The van der Waals surface area contributed by atoms with Gasteiger partial charge in [-0.1, -0.05) is 0 Å². The summed E-state index contributed by atoms with van der Waals surface area (Å²) in [5.41, 5.74) is 1.83. The number of hydrogen-bond acceptors (Lipinski definition) is 4. The predicted octanol–water partition coefficient (Wildman–Crippen LogP) is 4.02. The monoisotopic (exact) mass is 396 g/mol. The van der Waals surface area contributed by atoms with Crippen molar-refractivity contribution in [2.45, 2.75) is 38.0 Å². The minimum absolute atomic E-state index is 0.116.